The Hall–Kier alpha value is -3.00. The molecule has 0 radical (unpaired) electrons. The van der Waals surface area contributed by atoms with E-state index in [0.717, 1.165) is 36.1 Å². The third kappa shape index (κ3) is 5.82. The maximum atomic E-state index is 13.1. The van der Waals surface area contributed by atoms with E-state index in [1.54, 1.807) is 38.5 Å². The van der Waals surface area contributed by atoms with Crippen LogP contribution in [0, 0.1) is 0 Å². The highest BCUT2D eigenvalue weighted by atomic mass is 32.2. The zero-order valence-corrected chi connectivity index (χ0v) is 19.7. The zero-order chi connectivity index (χ0) is 22.9. The van der Waals surface area contributed by atoms with Crippen molar-refractivity contribution < 1.29 is 19.0 Å². The van der Waals surface area contributed by atoms with Crippen LogP contribution in [0.4, 0.5) is 0 Å². The van der Waals surface area contributed by atoms with E-state index in [2.05, 4.69) is 17.1 Å². The molecule has 1 fully saturated rings. The summed E-state index contributed by atoms with van der Waals surface area (Å²) in [5.74, 6) is 2.20. The SMILES string of the molecule is CCCCC1S/C(=N\N=C\c2ccc(OC)cc2OC)N(Cc2ccc(OC)cc2)C1=O. The van der Waals surface area contributed by atoms with E-state index in [9.17, 15) is 4.79 Å². The normalized spacial score (nSPS) is 17.4. The molecule has 0 spiro atoms. The summed E-state index contributed by atoms with van der Waals surface area (Å²) < 4.78 is 15.9. The predicted octanol–water partition coefficient (Wildman–Crippen LogP) is 4.74. The molecule has 2 aromatic carbocycles. The molecule has 1 aliphatic heterocycles. The van der Waals surface area contributed by atoms with Crippen molar-refractivity contribution in [2.24, 2.45) is 10.2 Å². The maximum absolute atomic E-state index is 13.1. The predicted molar refractivity (Wildman–Crippen MR) is 129 cm³/mol. The van der Waals surface area contributed by atoms with Gasteiger partial charge in [0.05, 0.1) is 39.3 Å². The topological polar surface area (TPSA) is 72.7 Å². The van der Waals surface area contributed by atoms with E-state index in [1.165, 1.54) is 11.8 Å². The Bertz CT molecular complexity index is 976. The average molecular weight is 456 g/mol. The summed E-state index contributed by atoms with van der Waals surface area (Å²) in [6.45, 7) is 2.57. The van der Waals surface area contributed by atoms with Crippen molar-refractivity contribution in [1.82, 2.24) is 4.90 Å². The molecule has 0 N–H and O–H groups in total. The van der Waals surface area contributed by atoms with Gasteiger partial charge in [-0.1, -0.05) is 43.7 Å². The fourth-order valence-corrected chi connectivity index (χ4v) is 4.43. The molecule has 7 nitrogen and oxygen atoms in total. The van der Waals surface area contributed by atoms with Gasteiger partial charge in [-0.15, -0.1) is 5.10 Å². The third-order valence-electron chi connectivity index (χ3n) is 5.12. The fourth-order valence-electron chi connectivity index (χ4n) is 3.28. The second-order valence-electron chi connectivity index (χ2n) is 7.26. The Balaban J connectivity index is 1.82. The van der Waals surface area contributed by atoms with E-state index >= 15 is 0 Å². The molecule has 0 bridgehead atoms. The van der Waals surface area contributed by atoms with Gasteiger partial charge in [-0.25, -0.2) is 0 Å². The number of benzene rings is 2. The van der Waals surface area contributed by atoms with Crippen molar-refractivity contribution in [2.45, 2.75) is 38.0 Å². The zero-order valence-electron chi connectivity index (χ0n) is 18.9. The summed E-state index contributed by atoms with van der Waals surface area (Å²) in [6.07, 6.45) is 4.50. The lowest BCUT2D eigenvalue weighted by Gasteiger charge is -2.16. The van der Waals surface area contributed by atoms with Crippen molar-refractivity contribution in [1.29, 1.82) is 0 Å². The van der Waals surface area contributed by atoms with Crippen molar-refractivity contribution in [2.75, 3.05) is 21.3 Å². The highest BCUT2D eigenvalue weighted by molar-refractivity contribution is 8.15. The molecule has 32 heavy (non-hydrogen) atoms. The van der Waals surface area contributed by atoms with E-state index in [1.807, 2.05) is 36.4 Å². The first kappa shape index (κ1) is 23.7. The fraction of sp³-hybridized carbons (Fsp3) is 0.375. The van der Waals surface area contributed by atoms with Crippen LogP contribution in [0.15, 0.2) is 52.7 Å². The van der Waals surface area contributed by atoms with Crippen LogP contribution in [-0.2, 0) is 11.3 Å². The molecule has 1 heterocycles. The number of hydrogen-bond acceptors (Lipinski definition) is 7. The minimum atomic E-state index is -0.127. The molecular weight excluding hydrogens is 426 g/mol. The highest BCUT2D eigenvalue weighted by Crippen LogP contribution is 2.32. The molecule has 1 unspecified atom stereocenters. The minimum Gasteiger partial charge on any atom is -0.497 e. The Labute approximate surface area is 193 Å². The molecule has 8 heteroatoms. The molecule has 0 saturated carbocycles. The highest BCUT2D eigenvalue weighted by Gasteiger charge is 2.37. The molecular formula is C24H29N3O4S. The summed E-state index contributed by atoms with van der Waals surface area (Å²) in [4.78, 5) is 14.8. The lowest BCUT2D eigenvalue weighted by Crippen LogP contribution is -2.31. The first-order valence-electron chi connectivity index (χ1n) is 10.5. The first-order chi connectivity index (χ1) is 15.6. The van der Waals surface area contributed by atoms with E-state index in [4.69, 9.17) is 14.2 Å². The number of unbranched alkanes of at least 4 members (excludes halogenated alkanes) is 1. The van der Waals surface area contributed by atoms with Gasteiger partial charge in [-0.05, 0) is 36.2 Å². The van der Waals surface area contributed by atoms with Gasteiger partial charge >= 0.3 is 0 Å². The molecule has 0 aromatic heterocycles. The van der Waals surface area contributed by atoms with Crippen molar-refractivity contribution in [3.8, 4) is 17.2 Å². The number of thioether (sulfide) groups is 1. The van der Waals surface area contributed by atoms with E-state index < -0.39 is 0 Å². The number of methoxy groups -OCH3 is 3. The van der Waals surface area contributed by atoms with E-state index in [0.29, 0.717) is 23.2 Å². The molecule has 0 aliphatic carbocycles. The largest absolute Gasteiger partial charge is 0.497 e. The van der Waals surface area contributed by atoms with Crippen molar-refractivity contribution in [3.05, 3.63) is 53.6 Å². The summed E-state index contributed by atoms with van der Waals surface area (Å²) >= 11 is 1.48. The number of carbonyl (C=O) groups excluding carboxylic acids is 1. The molecule has 1 atom stereocenters. The van der Waals surface area contributed by atoms with Gasteiger partial charge in [0.1, 0.15) is 17.2 Å². The number of amidine groups is 1. The van der Waals surface area contributed by atoms with Gasteiger partial charge in [-0.3, -0.25) is 9.69 Å². The van der Waals surface area contributed by atoms with Crippen LogP contribution in [-0.4, -0.2) is 48.8 Å². The van der Waals surface area contributed by atoms with Crippen molar-refractivity contribution >= 4 is 29.1 Å². The molecule has 3 rings (SSSR count). The molecule has 170 valence electrons. The van der Waals surface area contributed by atoms with E-state index in [-0.39, 0.29) is 11.2 Å². The Kier molecular flexibility index (Phi) is 8.56. The number of hydrogen-bond donors (Lipinski definition) is 0. The van der Waals surface area contributed by atoms with Crippen LogP contribution in [0.3, 0.4) is 0 Å². The lowest BCUT2D eigenvalue weighted by molar-refractivity contribution is -0.126. The smallest absolute Gasteiger partial charge is 0.242 e. The van der Waals surface area contributed by atoms with Crippen LogP contribution in [0.1, 0.15) is 37.3 Å². The summed E-state index contributed by atoms with van der Waals surface area (Å²) in [7, 11) is 4.84. The maximum Gasteiger partial charge on any atom is 0.242 e. The minimum absolute atomic E-state index is 0.0789. The molecule has 1 saturated heterocycles. The van der Waals surface area contributed by atoms with Gasteiger partial charge in [0.2, 0.25) is 5.91 Å². The average Bonchev–Trinajstić information content (AvgIpc) is 3.12. The Morgan fingerprint density at radius 1 is 1.03 bits per heavy atom. The van der Waals surface area contributed by atoms with Gasteiger partial charge in [0.15, 0.2) is 5.17 Å². The van der Waals surface area contributed by atoms with Crippen LogP contribution in [0.5, 0.6) is 17.2 Å². The van der Waals surface area contributed by atoms with Gasteiger partial charge in [0.25, 0.3) is 0 Å². The summed E-state index contributed by atoms with van der Waals surface area (Å²) in [6, 6.07) is 13.2. The number of carbonyl (C=O) groups is 1. The van der Waals surface area contributed by atoms with Crippen molar-refractivity contribution in [3.63, 3.8) is 0 Å². The van der Waals surface area contributed by atoms with Gasteiger partial charge in [0, 0.05) is 11.6 Å². The number of nitrogens with zero attached hydrogens (tertiary/aromatic N) is 3. The van der Waals surface area contributed by atoms with Gasteiger partial charge in [-0.2, -0.15) is 5.10 Å². The van der Waals surface area contributed by atoms with Crippen LogP contribution < -0.4 is 14.2 Å². The number of ether oxygens (including phenoxy) is 3. The monoisotopic (exact) mass is 455 g/mol. The second-order valence-corrected chi connectivity index (χ2v) is 8.43. The quantitative estimate of drug-likeness (QED) is 0.382. The Morgan fingerprint density at radius 2 is 1.75 bits per heavy atom. The molecule has 1 amide bonds. The molecule has 2 aromatic rings. The van der Waals surface area contributed by atoms with Gasteiger partial charge < -0.3 is 14.2 Å². The van der Waals surface area contributed by atoms with Crippen LogP contribution in [0.25, 0.3) is 0 Å². The summed E-state index contributed by atoms with van der Waals surface area (Å²) in [5, 5.41) is 9.14. The molecule has 1 aliphatic rings. The number of amides is 1. The Morgan fingerprint density at radius 3 is 2.41 bits per heavy atom. The van der Waals surface area contributed by atoms with Crippen LogP contribution in [0.2, 0.25) is 0 Å². The standard InChI is InChI=1S/C24H29N3O4S/c1-5-6-7-22-23(28)27(16-17-8-11-19(29-2)12-9-17)24(32-22)26-25-15-18-10-13-20(30-3)14-21(18)31-4/h8-15,22H,5-7,16H2,1-4H3/b25-15+,26-24-. The summed E-state index contributed by atoms with van der Waals surface area (Å²) in [5.41, 5.74) is 1.78. The first-order valence-corrected chi connectivity index (χ1v) is 11.4. The lowest BCUT2D eigenvalue weighted by atomic mass is 10.1. The second kappa shape index (κ2) is 11.6. The number of rotatable bonds is 10. The van der Waals surface area contributed by atoms with Crippen LogP contribution >= 0.6 is 11.8 Å². The third-order valence-corrected chi connectivity index (χ3v) is 6.36.